The van der Waals surface area contributed by atoms with E-state index >= 15 is 0 Å². The van der Waals surface area contributed by atoms with E-state index in [0.717, 1.165) is 49.2 Å². The molecule has 0 saturated carbocycles. The van der Waals surface area contributed by atoms with Crippen molar-refractivity contribution in [2.45, 2.75) is 32.2 Å². The van der Waals surface area contributed by atoms with E-state index in [2.05, 4.69) is 42.1 Å². The number of aromatic nitrogens is 5. The molecule has 8 heteroatoms. The van der Waals surface area contributed by atoms with Crippen molar-refractivity contribution in [2.24, 2.45) is 0 Å². The third kappa shape index (κ3) is 2.95. The number of aryl methyl sites for hydroxylation is 1. The van der Waals surface area contributed by atoms with Gasteiger partial charge in [-0.05, 0) is 24.8 Å². The van der Waals surface area contributed by atoms with Gasteiger partial charge in [-0.25, -0.2) is 15.0 Å². The van der Waals surface area contributed by atoms with Gasteiger partial charge in [-0.15, -0.1) is 0 Å². The van der Waals surface area contributed by atoms with Crippen molar-refractivity contribution in [1.82, 2.24) is 30.2 Å². The van der Waals surface area contributed by atoms with Crippen molar-refractivity contribution in [2.75, 3.05) is 18.0 Å². The quantitative estimate of drug-likeness (QED) is 0.670. The Bertz CT molecular complexity index is 870. The molecule has 0 aromatic carbocycles. The van der Waals surface area contributed by atoms with Crippen LogP contribution in [-0.4, -0.2) is 50.0 Å². The average Bonchev–Trinajstić information content (AvgIpc) is 3.31. The third-order valence-electron chi connectivity index (χ3n) is 4.71. The second-order valence-corrected chi connectivity index (χ2v) is 6.31. The van der Waals surface area contributed by atoms with Gasteiger partial charge in [-0.1, -0.05) is 6.92 Å². The Morgan fingerprint density at radius 3 is 3.12 bits per heavy atom. The van der Waals surface area contributed by atoms with Crippen LogP contribution in [0, 0.1) is 0 Å². The number of aromatic amines is 2. The standard InChI is InChI=1S/C17H21N7O/c1-2-11-6-19-15-14(11)16(22-10-21-15)24-5-3-4-12(8-24)23-17(25)13-7-18-9-20-13/h6-7,9-10,12H,2-5,8H2,1H3,(H,18,20)(H,23,25)(H,19,21,22)/t12-/m0/s1. The molecular formula is C17H21N7O. The topological polar surface area (TPSA) is 103 Å². The number of amides is 1. The second kappa shape index (κ2) is 6.54. The van der Waals surface area contributed by atoms with Crippen LogP contribution < -0.4 is 10.2 Å². The number of imidazole rings is 1. The minimum Gasteiger partial charge on any atom is -0.354 e. The molecule has 130 valence electrons. The molecule has 1 fully saturated rings. The summed E-state index contributed by atoms with van der Waals surface area (Å²) in [7, 11) is 0. The third-order valence-corrected chi connectivity index (χ3v) is 4.71. The average molecular weight is 339 g/mol. The highest BCUT2D eigenvalue weighted by Gasteiger charge is 2.25. The zero-order valence-corrected chi connectivity index (χ0v) is 14.1. The summed E-state index contributed by atoms with van der Waals surface area (Å²) < 4.78 is 0. The van der Waals surface area contributed by atoms with Crippen LogP contribution in [0.2, 0.25) is 0 Å². The molecule has 1 aliphatic heterocycles. The number of anilines is 1. The highest BCUT2D eigenvalue weighted by atomic mass is 16.2. The lowest BCUT2D eigenvalue weighted by Crippen LogP contribution is -2.48. The number of H-pyrrole nitrogens is 2. The molecular weight excluding hydrogens is 318 g/mol. The molecule has 1 atom stereocenters. The van der Waals surface area contributed by atoms with Crippen molar-refractivity contribution >= 4 is 22.8 Å². The number of carbonyl (C=O) groups is 1. The summed E-state index contributed by atoms with van der Waals surface area (Å²) in [6.45, 7) is 3.79. The lowest BCUT2D eigenvalue weighted by Gasteiger charge is -2.34. The zero-order chi connectivity index (χ0) is 17.2. The molecule has 25 heavy (non-hydrogen) atoms. The number of rotatable bonds is 4. The number of carbonyl (C=O) groups excluding carboxylic acids is 1. The molecule has 0 bridgehead atoms. The summed E-state index contributed by atoms with van der Waals surface area (Å²) in [5.41, 5.74) is 2.57. The van der Waals surface area contributed by atoms with Crippen molar-refractivity contribution in [1.29, 1.82) is 0 Å². The maximum absolute atomic E-state index is 12.3. The summed E-state index contributed by atoms with van der Waals surface area (Å²) in [6.07, 6.45) is 9.54. The summed E-state index contributed by atoms with van der Waals surface area (Å²) in [5, 5.41) is 4.18. The molecule has 0 radical (unpaired) electrons. The Kier molecular flexibility index (Phi) is 4.09. The van der Waals surface area contributed by atoms with Gasteiger partial charge >= 0.3 is 0 Å². The lowest BCUT2D eigenvalue weighted by molar-refractivity contribution is 0.0928. The molecule has 1 amide bonds. The molecule has 4 rings (SSSR count). The van der Waals surface area contributed by atoms with Crippen LogP contribution in [0.5, 0.6) is 0 Å². The largest absolute Gasteiger partial charge is 0.354 e. The Balaban J connectivity index is 1.55. The van der Waals surface area contributed by atoms with E-state index in [1.165, 1.54) is 18.1 Å². The highest BCUT2D eigenvalue weighted by Crippen LogP contribution is 2.28. The number of hydrogen-bond acceptors (Lipinski definition) is 5. The second-order valence-electron chi connectivity index (χ2n) is 6.31. The minimum atomic E-state index is -0.118. The van der Waals surface area contributed by atoms with E-state index in [4.69, 9.17) is 0 Å². The van der Waals surface area contributed by atoms with Crippen LogP contribution in [0.25, 0.3) is 11.0 Å². The van der Waals surface area contributed by atoms with Crippen LogP contribution in [-0.2, 0) is 6.42 Å². The first-order valence-electron chi connectivity index (χ1n) is 8.61. The first-order valence-corrected chi connectivity index (χ1v) is 8.61. The maximum atomic E-state index is 12.3. The SMILES string of the molecule is CCc1c[nH]c2ncnc(N3CCC[C@H](NC(=O)c4cnc[nH]4)C3)c12. The predicted molar refractivity (Wildman–Crippen MR) is 94.6 cm³/mol. The van der Waals surface area contributed by atoms with Crippen LogP contribution >= 0.6 is 0 Å². The van der Waals surface area contributed by atoms with E-state index in [1.54, 1.807) is 6.33 Å². The number of fused-ring (bicyclic) bond motifs is 1. The van der Waals surface area contributed by atoms with Gasteiger partial charge in [0, 0.05) is 25.3 Å². The van der Waals surface area contributed by atoms with Gasteiger partial charge in [0.1, 0.15) is 23.5 Å². The fourth-order valence-electron chi connectivity index (χ4n) is 3.46. The molecule has 0 spiro atoms. The van der Waals surface area contributed by atoms with Crippen LogP contribution in [0.3, 0.4) is 0 Å². The Labute approximate surface area is 145 Å². The first-order chi connectivity index (χ1) is 12.3. The fraction of sp³-hybridized carbons (Fsp3) is 0.412. The summed E-state index contributed by atoms with van der Waals surface area (Å²) >= 11 is 0. The normalized spacial score (nSPS) is 17.8. The van der Waals surface area contributed by atoms with E-state index in [-0.39, 0.29) is 11.9 Å². The number of hydrogen-bond donors (Lipinski definition) is 3. The maximum Gasteiger partial charge on any atom is 0.269 e. The van der Waals surface area contributed by atoms with Crippen molar-refractivity contribution in [3.05, 3.63) is 36.3 Å². The smallest absolute Gasteiger partial charge is 0.269 e. The predicted octanol–water partition coefficient (Wildman–Crippen LogP) is 1.64. The van der Waals surface area contributed by atoms with Crippen molar-refractivity contribution in [3.63, 3.8) is 0 Å². The monoisotopic (exact) mass is 339 g/mol. The van der Waals surface area contributed by atoms with Crippen LogP contribution in [0.15, 0.2) is 25.0 Å². The Morgan fingerprint density at radius 1 is 1.40 bits per heavy atom. The Morgan fingerprint density at radius 2 is 2.32 bits per heavy atom. The van der Waals surface area contributed by atoms with Crippen LogP contribution in [0.1, 0.15) is 35.8 Å². The van der Waals surface area contributed by atoms with E-state index in [0.29, 0.717) is 5.69 Å². The van der Waals surface area contributed by atoms with Gasteiger partial charge in [-0.3, -0.25) is 4.79 Å². The molecule has 0 aliphatic carbocycles. The van der Waals surface area contributed by atoms with Crippen molar-refractivity contribution < 1.29 is 4.79 Å². The van der Waals surface area contributed by atoms with E-state index < -0.39 is 0 Å². The van der Waals surface area contributed by atoms with Crippen LogP contribution in [0.4, 0.5) is 5.82 Å². The molecule has 8 nitrogen and oxygen atoms in total. The number of piperidine rings is 1. The minimum absolute atomic E-state index is 0.0820. The molecule has 1 aliphatic rings. The molecule has 3 N–H and O–H groups in total. The van der Waals surface area contributed by atoms with Gasteiger partial charge in [-0.2, -0.15) is 0 Å². The van der Waals surface area contributed by atoms with Gasteiger partial charge in [0.2, 0.25) is 0 Å². The number of nitrogens with one attached hydrogen (secondary N) is 3. The molecule has 1 saturated heterocycles. The number of nitrogens with zero attached hydrogens (tertiary/aromatic N) is 4. The van der Waals surface area contributed by atoms with E-state index in [9.17, 15) is 4.79 Å². The molecule has 4 heterocycles. The van der Waals surface area contributed by atoms with Gasteiger partial charge in [0.05, 0.1) is 17.9 Å². The molecule has 3 aromatic heterocycles. The molecule has 0 unspecified atom stereocenters. The fourth-order valence-corrected chi connectivity index (χ4v) is 3.46. The highest BCUT2D eigenvalue weighted by molar-refractivity contribution is 5.92. The van der Waals surface area contributed by atoms with Crippen molar-refractivity contribution in [3.8, 4) is 0 Å². The molecule has 3 aromatic rings. The lowest BCUT2D eigenvalue weighted by atomic mass is 10.0. The van der Waals surface area contributed by atoms with Gasteiger partial charge in [0.25, 0.3) is 5.91 Å². The first kappa shape index (κ1) is 15.6. The van der Waals surface area contributed by atoms with E-state index in [1.807, 2.05) is 6.20 Å². The van der Waals surface area contributed by atoms with Gasteiger partial charge < -0.3 is 20.2 Å². The Hall–Kier alpha value is -2.90. The van der Waals surface area contributed by atoms with Gasteiger partial charge in [0.15, 0.2) is 0 Å². The summed E-state index contributed by atoms with van der Waals surface area (Å²) in [5.74, 6) is 0.830. The zero-order valence-electron chi connectivity index (χ0n) is 14.1. The summed E-state index contributed by atoms with van der Waals surface area (Å²) in [4.78, 5) is 33.3. The summed E-state index contributed by atoms with van der Waals surface area (Å²) in [6, 6.07) is 0.0820.